The summed E-state index contributed by atoms with van der Waals surface area (Å²) in [5.41, 5.74) is 5.03. The first-order valence-corrected chi connectivity index (χ1v) is 10.2. The van der Waals surface area contributed by atoms with Gasteiger partial charge in [-0.25, -0.2) is 0 Å². The molecular weight excluding hydrogens is 334 g/mol. The lowest BCUT2D eigenvalue weighted by Gasteiger charge is -2.41. The number of aliphatic imine (C=N–C) groups is 1. The van der Waals surface area contributed by atoms with E-state index in [-0.39, 0.29) is 11.2 Å². The van der Waals surface area contributed by atoms with Gasteiger partial charge < -0.3 is 0 Å². The normalized spacial score (nSPS) is 28.4. The highest BCUT2D eigenvalue weighted by Crippen LogP contribution is 2.49. The van der Waals surface area contributed by atoms with Crippen molar-refractivity contribution in [1.29, 1.82) is 0 Å². The summed E-state index contributed by atoms with van der Waals surface area (Å²) in [4.78, 5) is 5.00. The fourth-order valence-corrected chi connectivity index (χ4v) is 4.39. The molecule has 0 amide bonds. The van der Waals surface area contributed by atoms with Crippen molar-refractivity contribution < 1.29 is 5.21 Å². The van der Waals surface area contributed by atoms with Crippen LogP contribution in [0.3, 0.4) is 0 Å². The van der Waals surface area contributed by atoms with Gasteiger partial charge in [0.25, 0.3) is 0 Å². The van der Waals surface area contributed by atoms with Gasteiger partial charge in [-0.3, -0.25) is 21.0 Å². The zero-order valence-corrected chi connectivity index (χ0v) is 16.8. The molecular formula is C23H33N3O. The quantitative estimate of drug-likeness (QED) is 0.358. The third kappa shape index (κ3) is 4.17. The molecule has 1 aromatic carbocycles. The van der Waals surface area contributed by atoms with E-state index in [1.807, 2.05) is 32.2 Å². The fraction of sp³-hybridized carbons (Fsp3) is 0.522. The number of rotatable bonds is 7. The van der Waals surface area contributed by atoms with Gasteiger partial charge in [0.15, 0.2) is 0 Å². The first-order valence-electron chi connectivity index (χ1n) is 10.2. The monoisotopic (exact) mass is 367 g/mol. The van der Waals surface area contributed by atoms with Crippen LogP contribution in [-0.4, -0.2) is 17.1 Å². The van der Waals surface area contributed by atoms with Gasteiger partial charge in [-0.2, -0.15) is 0 Å². The third-order valence-electron chi connectivity index (χ3n) is 6.23. The first-order chi connectivity index (χ1) is 13.1. The van der Waals surface area contributed by atoms with Crippen LogP contribution in [0.2, 0.25) is 0 Å². The molecule has 2 atom stereocenters. The Hall–Kier alpha value is -1.91. The highest BCUT2D eigenvalue weighted by atomic mass is 16.5. The topological polar surface area (TPSA) is 56.6 Å². The summed E-state index contributed by atoms with van der Waals surface area (Å²) < 4.78 is 0. The van der Waals surface area contributed by atoms with Gasteiger partial charge in [-0.15, -0.1) is 0 Å². The summed E-state index contributed by atoms with van der Waals surface area (Å²) in [5.74, 6) is 0.505. The van der Waals surface area contributed by atoms with E-state index in [9.17, 15) is 5.21 Å². The summed E-state index contributed by atoms with van der Waals surface area (Å²) in [6.07, 6.45) is 12.9. The van der Waals surface area contributed by atoms with Crippen molar-refractivity contribution in [2.75, 3.05) is 0 Å². The molecule has 2 aliphatic rings. The first kappa shape index (κ1) is 19.8. The maximum Gasteiger partial charge on any atom is 0.114 e. The summed E-state index contributed by atoms with van der Waals surface area (Å²) >= 11 is 0. The Morgan fingerprint density at radius 3 is 2.30 bits per heavy atom. The second-order valence-corrected chi connectivity index (χ2v) is 7.98. The molecule has 0 saturated heterocycles. The second-order valence-electron chi connectivity index (χ2n) is 7.98. The van der Waals surface area contributed by atoms with E-state index in [0.29, 0.717) is 11.6 Å². The van der Waals surface area contributed by atoms with Gasteiger partial charge in [0.05, 0.1) is 5.70 Å². The van der Waals surface area contributed by atoms with Crippen molar-refractivity contribution >= 4 is 6.21 Å². The largest absolute Gasteiger partial charge is 0.291 e. The van der Waals surface area contributed by atoms with Crippen molar-refractivity contribution in [2.45, 2.75) is 70.5 Å². The van der Waals surface area contributed by atoms with Gasteiger partial charge in [-0.1, -0.05) is 68.7 Å². The molecule has 0 aromatic heterocycles. The molecule has 0 spiro atoms. The summed E-state index contributed by atoms with van der Waals surface area (Å²) in [5, 5.41) is 13.4. The Labute approximate surface area is 163 Å². The highest BCUT2D eigenvalue weighted by molar-refractivity contribution is 5.84. The lowest BCUT2D eigenvalue weighted by atomic mass is 9.76. The molecule has 146 valence electrons. The molecule has 0 radical (unpaired) electrons. The van der Waals surface area contributed by atoms with E-state index in [1.165, 1.54) is 24.8 Å². The lowest BCUT2D eigenvalue weighted by Crippen LogP contribution is -2.50. The molecule has 2 fully saturated rings. The van der Waals surface area contributed by atoms with Crippen LogP contribution in [0, 0.1) is 5.92 Å². The zero-order valence-electron chi connectivity index (χ0n) is 16.8. The summed E-state index contributed by atoms with van der Waals surface area (Å²) in [7, 11) is 0. The minimum atomic E-state index is -0.213. The summed E-state index contributed by atoms with van der Waals surface area (Å²) in [6.45, 7) is 6.13. The Kier molecular flexibility index (Phi) is 6.18. The predicted molar refractivity (Wildman–Crippen MR) is 112 cm³/mol. The number of hydrogen-bond donors (Lipinski definition) is 3. The smallest absolute Gasteiger partial charge is 0.114 e. The summed E-state index contributed by atoms with van der Waals surface area (Å²) in [6, 6.07) is 10.9. The fourth-order valence-electron chi connectivity index (χ4n) is 4.39. The number of nitrogens with one attached hydrogen (secondary N) is 2. The van der Waals surface area contributed by atoms with Crippen LogP contribution in [0.25, 0.3) is 0 Å². The molecule has 4 nitrogen and oxygen atoms in total. The van der Waals surface area contributed by atoms with Crippen molar-refractivity contribution in [3.8, 4) is 0 Å². The minimum Gasteiger partial charge on any atom is -0.291 e. The van der Waals surface area contributed by atoms with Crippen molar-refractivity contribution in [2.24, 2.45) is 10.9 Å². The third-order valence-corrected chi connectivity index (χ3v) is 6.23. The second kappa shape index (κ2) is 8.41. The van der Waals surface area contributed by atoms with Gasteiger partial charge in [0.1, 0.15) is 5.66 Å². The minimum absolute atomic E-state index is 0.0103. The Morgan fingerprint density at radius 2 is 1.78 bits per heavy atom. The molecule has 0 aliphatic heterocycles. The van der Waals surface area contributed by atoms with E-state index in [0.717, 1.165) is 24.8 Å². The van der Waals surface area contributed by atoms with Crippen LogP contribution in [0.5, 0.6) is 0 Å². The van der Waals surface area contributed by atoms with E-state index < -0.39 is 0 Å². The van der Waals surface area contributed by atoms with Crippen LogP contribution < -0.4 is 10.8 Å². The van der Waals surface area contributed by atoms with Crippen LogP contribution in [0.1, 0.15) is 64.9 Å². The maximum atomic E-state index is 9.34. The average Bonchev–Trinajstić information content (AvgIpc) is 3.35. The van der Waals surface area contributed by atoms with E-state index in [1.54, 1.807) is 0 Å². The Bertz CT molecular complexity index is 716. The van der Waals surface area contributed by atoms with E-state index >= 15 is 0 Å². The van der Waals surface area contributed by atoms with Crippen LogP contribution in [0.15, 0.2) is 58.7 Å². The van der Waals surface area contributed by atoms with Gasteiger partial charge in [0, 0.05) is 17.3 Å². The van der Waals surface area contributed by atoms with Crippen molar-refractivity contribution in [3.63, 3.8) is 0 Å². The Balaban J connectivity index is 1.87. The molecule has 1 aromatic rings. The van der Waals surface area contributed by atoms with Gasteiger partial charge in [0.2, 0.25) is 0 Å². The van der Waals surface area contributed by atoms with Crippen LogP contribution in [0.4, 0.5) is 0 Å². The van der Waals surface area contributed by atoms with Crippen LogP contribution in [-0.2, 0) is 5.54 Å². The molecule has 2 saturated carbocycles. The van der Waals surface area contributed by atoms with Crippen LogP contribution >= 0.6 is 0 Å². The predicted octanol–water partition coefficient (Wildman–Crippen LogP) is 5.07. The van der Waals surface area contributed by atoms with Crippen molar-refractivity contribution in [3.05, 3.63) is 59.3 Å². The number of benzene rings is 1. The average molecular weight is 368 g/mol. The van der Waals surface area contributed by atoms with E-state index in [4.69, 9.17) is 4.99 Å². The molecule has 2 aliphatic carbocycles. The molecule has 3 rings (SSSR count). The molecule has 4 heteroatoms. The van der Waals surface area contributed by atoms with E-state index in [2.05, 4.69) is 48.1 Å². The number of allylic oxidation sites excluding steroid dienone is 3. The Morgan fingerprint density at radius 1 is 1.11 bits per heavy atom. The SMILES string of the molecule is CC=C(NO)C(/C=N\[C@]1(NC2(c3ccccc3)CCCCC2)CC1C)=C/C. The standard InChI is InChI=1S/C23H33N3O/c1-4-19(21(5-2)25-27)17-24-23(16-18(23)3)26-22(14-10-7-11-15-22)20-12-8-6-9-13-20/h4-6,8-9,12-13,17-18,25-27H,7,10-11,14-16H2,1-3H3/b19-4+,21-5?,24-17-/t18?,23-/m0/s1. The molecule has 0 bridgehead atoms. The van der Waals surface area contributed by atoms with Gasteiger partial charge >= 0.3 is 0 Å². The van der Waals surface area contributed by atoms with Gasteiger partial charge in [-0.05, 0) is 44.6 Å². The molecule has 1 unspecified atom stereocenters. The zero-order chi connectivity index (χ0) is 19.3. The number of hydroxylamine groups is 1. The highest BCUT2D eigenvalue weighted by Gasteiger charge is 2.55. The lowest BCUT2D eigenvalue weighted by molar-refractivity contribution is 0.196. The van der Waals surface area contributed by atoms with Crippen molar-refractivity contribution in [1.82, 2.24) is 10.8 Å². The molecule has 27 heavy (non-hydrogen) atoms. The number of nitrogens with zero attached hydrogens (tertiary/aromatic N) is 1. The molecule has 3 N–H and O–H groups in total. The maximum absolute atomic E-state index is 9.34. The number of hydrogen-bond acceptors (Lipinski definition) is 4. The molecule has 0 heterocycles.